The van der Waals surface area contributed by atoms with Crippen LogP contribution in [0.25, 0.3) is 0 Å². The van der Waals surface area contributed by atoms with E-state index in [-0.39, 0.29) is 11.1 Å². The van der Waals surface area contributed by atoms with Crippen LogP contribution in [0.15, 0.2) is 60.7 Å². The topological polar surface area (TPSA) is 124 Å². The average molecular weight is 553 g/mol. The largest absolute Gasteiger partial charge is 0.456 e. The Kier molecular flexibility index (Phi) is 8.18. The molecular weight excluding hydrogens is 520 g/mol. The minimum atomic E-state index is -1.38. The fourth-order valence-corrected chi connectivity index (χ4v) is 5.69. The van der Waals surface area contributed by atoms with Crippen molar-refractivity contribution >= 4 is 23.9 Å². The molecule has 3 fully saturated rings. The van der Waals surface area contributed by atoms with Gasteiger partial charge in [-0.3, -0.25) is 9.59 Å². The highest BCUT2D eigenvalue weighted by molar-refractivity contribution is 5.90. The van der Waals surface area contributed by atoms with Crippen LogP contribution in [0, 0.1) is 0 Å². The highest BCUT2D eigenvalue weighted by Gasteiger charge is 2.65. The number of hydrogen-bond donors (Lipinski definition) is 0. The standard InChI is InChI=1S/C30H32O10/c1-18(31)35-22-23(37-28(33)20-12-6-3-7-13-20)25(38-29(34)21-14-8-4-9-15-21)27-26(24(22)36-19(2)32)39-30(40-27)16-10-5-11-17-30/h3-4,6-9,12-15,22-27H,5,10-11,16-17H2,1-2H3/t22-,23-,24+,25+,26-,27+/m1/s1. The molecule has 0 radical (unpaired) electrons. The van der Waals surface area contributed by atoms with Gasteiger partial charge in [0.1, 0.15) is 12.2 Å². The van der Waals surface area contributed by atoms with Crippen molar-refractivity contribution in [3.05, 3.63) is 71.8 Å². The number of rotatable bonds is 6. The molecule has 5 rings (SSSR count). The molecular formula is C30H32O10. The molecule has 2 saturated carbocycles. The Balaban J connectivity index is 1.57. The fraction of sp³-hybridized carbons (Fsp3) is 0.467. The van der Waals surface area contributed by atoms with E-state index in [1.807, 2.05) is 0 Å². The van der Waals surface area contributed by atoms with Crippen LogP contribution in [0.4, 0.5) is 0 Å². The van der Waals surface area contributed by atoms with Gasteiger partial charge in [0, 0.05) is 26.7 Å². The van der Waals surface area contributed by atoms with Crippen LogP contribution >= 0.6 is 0 Å². The Labute approximate surface area is 231 Å². The summed E-state index contributed by atoms with van der Waals surface area (Å²) in [6, 6.07) is 16.6. The third kappa shape index (κ3) is 5.88. The minimum Gasteiger partial charge on any atom is -0.456 e. The van der Waals surface area contributed by atoms with Crippen LogP contribution in [0.3, 0.4) is 0 Å². The third-order valence-corrected chi connectivity index (χ3v) is 7.37. The highest BCUT2D eigenvalue weighted by Crippen LogP contribution is 2.47. The van der Waals surface area contributed by atoms with Gasteiger partial charge in [-0.2, -0.15) is 0 Å². The first-order valence-corrected chi connectivity index (χ1v) is 13.5. The van der Waals surface area contributed by atoms with Gasteiger partial charge in [0.05, 0.1) is 11.1 Å². The summed E-state index contributed by atoms with van der Waals surface area (Å²) in [5.41, 5.74) is 0.500. The van der Waals surface area contributed by atoms with Crippen molar-refractivity contribution in [3.8, 4) is 0 Å². The van der Waals surface area contributed by atoms with E-state index in [1.54, 1.807) is 60.7 Å². The zero-order valence-corrected chi connectivity index (χ0v) is 22.4. The van der Waals surface area contributed by atoms with Gasteiger partial charge in [-0.1, -0.05) is 42.8 Å². The summed E-state index contributed by atoms with van der Waals surface area (Å²) < 4.78 is 36.1. The lowest BCUT2D eigenvalue weighted by Crippen LogP contribution is -2.66. The molecule has 1 spiro atoms. The minimum absolute atomic E-state index is 0.232. The van der Waals surface area contributed by atoms with Crippen LogP contribution in [0.1, 0.15) is 66.7 Å². The molecule has 1 saturated heterocycles. The van der Waals surface area contributed by atoms with Crippen molar-refractivity contribution in [2.75, 3.05) is 0 Å². The van der Waals surface area contributed by atoms with E-state index in [1.165, 1.54) is 13.8 Å². The molecule has 1 heterocycles. The molecule has 0 unspecified atom stereocenters. The van der Waals surface area contributed by atoms with E-state index in [0.717, 1.165) is 19.3 Å². The van der Waals surface area contributed by atoms with E-state index in [4.69, 9.17) is 28.4 Å². The molecule has 6 atom stereocenters. The maximum Gasteiger partial charge on any atom is 0.338 e. The molecule has 3 aliphatic rings. The Hall–Kier alpha value is -3.76. The van der Waals surface area contributed by atoms with E-state index in [9.17, 15) is 19.2 Å². The maximum atomic E-state index is 13.3. The quantitative estimate of drug-likeness (QED) is 0.387. The van der Waals surface area contributed by atoms with Crippen molar-refractivity contribution < 1.29 is 47.6 Å². The van der Waals surface area contributed by atoms with Gasteiger partial charge in [0.15, 0.2) is 30.2 Å². The Bertz CT molecular complexity index is 1220. The highest BCUT2D eigenvalue weighted by atomic mass is 16.8. The first-order chi connectivity index (χ1) is 19.3. The Morgan fingerprint density at radius 1 is 0.600 bits per heavy atom. The third-order valence-electron chi connectivity index (χ3n) is 7.37. The van der Waals surface area contributed by atoms with E-state index < -0.39 is 66.3 Å². The summed E-state index contributed by atoms with van der Waals surface area (Å²) in [5.74, 6) is -3.79. The second-order valence-electron chi connectivity index (χ2n) is 10.3. The lowest BCUT2D eigenvalue weighted by Gasteiger charge is -2.44. The van der Waals surface area contributed by atoms with Crippen LogP contribution in [0.2, 0.25) is 0 Å². The predicted octanol–water partition coefficient (Wildman–Crippen LogP) is 3.76. The molecule has 2 aromatic rings. The molecule has 0 amide bonds. The first-order valence-electron chi connectivity index (χ1n) is 13.5. The lowest BCUT2D eigenvalue weighted by molar-refractivity contribution is -0.221. The van der Waals surface area contributed by atoms with E-state index in [0.29, 0.717) is 12.8 Å². The van der Waals surface area contributed by atoms with Gasteiger partial charge in [-0.05, 0) is 37.1 Å². The van der Waals surface area contributed by atoms with Crippen molar-refractivity contribution in [3.63, 3.8) is 0 Å². The number of benzene rings is 2. The second-order valence-corrected chi connectivity index (χ2v) is 10.3. The van der Waals surface area contributed by atoms with Gasteiger partial charge < -0.3 is 28.4 Å². The zero-order valence-electron chi connectivity index (χ0n) is 22.4. The molecule has 0 aromatic heterocycles. The van der Waals surface area contributed by atoms with Gasteiger partial charge in [0.2, 0.25) is 0 Å². The maximum absolute atomic E-state index is 13.3. The monoisotopic (exact) mass is 552 g/mol. The van der Waals surface area contributed by atoms with E-state index >= 15 is 0 Å². The number of fused-ring (bicyclic) bond motifs is 1. The normalized spacial score (nSPS) is 28.6. The molecule has 0 N–H and O–H groups in total. The summed E-state index contributed by atoms with van der Waals surface area (Å²) in [4.78, 5) is 51.1. The van der Waals surface area contributed by atoms with Crippen LogP contribution in [-0.2, 0) is 38.0 Å². The lowest BCUT2D eigenvalue weighted by atomic mass is 9.84. The van der Waals surface area contributed by atoms with Crippen LogP contribution in [-0.4, -0.2) is 66.3 Å². The zero-order chi connectivity index (χ0) is 28.3. The number of esters is 4. The van der Waals surface area contributed by atoms with Gasteiger partial charge in [-0.15, -0.1) is 0 Å². The number of ether oxygens (including phenoxy) is 6. The number of carbonyl (C=O) groups is 4. The van der Waals surface area contributed by atoms with Gasteiger partial charge in [-0.25, -0.2) is 9.59 Å². The SMILES string of the molecule is CC(=O)O[C@H]1[C@H](OC(C)=O)[C@H]2OC3(CCCCC3)O[C@H]2[C@@H](OC(=O)c2ccccc2)[C@@H]1OC(=O)c1ccccc1. The number of carbonyl (C=O) groups excluding carboxylic acids is 4. The summed E-state index contributed by atoms with van der Waals surface area (Å²) in [7, 11) is 0. The van der Waals surface area contributed by atoms with Gasteiger partial charge >= 0.3 is 23.9 Å². The van der Waals surface area contributed by atoms with Crippen LogP contribution in [0.5, 0.6) is 0 Å². The summed E-state index contributed by atoms with van der Waals surface area (Å²) in [6.07, 6.45) is -3.20. The van der Waals surface area contributed by atoms with Crippen molar-refractivity contribution in [1.82, 2.24) is 0 Å². The predicted molar refractivity (Wildman–Crippen MR) is 138 cm³/mol. The molecule has 2 aromatic carbocycles. The van der Waals surface area contributed by atoms with E-state index in [2.05, 4.69) is 0 Å². The second kappa shape index (κ2) is 11.8. The van der Waals surface area contributed by atoms with Gasteiger partial charge in [0.25, 0.3) is 0 Å². The van der Waals surface area contributed by atoms with Crippen molar-refractivity contribution in [1.29, 1.82) is 0 Å². The molecule has 10 heteroatoms. The van der Waals surface area contributed by atoms with Crippen LogP contribution < -0.4 is 0 Å². The average Bonchev–Trinajstić information content (AvgIpc) is 3.31. The first kappa shape index (κ1) is 27.8. The van der Waals surface area contributed by atoms with Crippen molar-refractivity contribution in [2.45, 2.75) is 88.4 Å². The molecule has 10 nitrogen and oxygen atoms in total. The summed E-state index contributed by atoms with van der Waals surface area (Å²) >= 11 is 0. The molecule has 40 heavy (non-hydrogen) atoms. The smallest absolute Gasteiger partial charge is 0.338 e. The fourth-order valence-electron chi connectivity index (χ4n) is 5.69. The summed E-state index contributed by atoms with van der Waals surface area (Å²) in [6.45, 7) is 2.41. The Morgan fingerprint density at radius 3 is 1.48 bits per heavy atom. The van der Waals surface area contributed by atoms with Crippen molar-refractivity contribution in [2.24, 2.45) is 0 Å². The molecule has 0 bridgehead atoms. The Morgan fingerprint density at radius 2 is 1.00 bits per heavy atom. The molecule has 212 valence electrons. The number of hydrogen-bond acceptors (Lipinski definition) is 10. The summed E-state index contributed by atoms with van der Waals surface area (Å²) in [5, 5.41) is 0. The molecule has 2 aliphatic carbocycles. The molecule has 1 aliphatic heterocycles.